The fourth-order valence-electron chi connectivity index (χ4n) is 1.85. The summed E-state index contributed by atoms with van der Waals surface area (Å²) >= 11 is 0. The van der Waals surface area contributed by atoms with Gasteiger partial charge < -0.3 is 15.4 Å². The molecule has 1 fully saturated rings. The van der Waals surface area contributed by atoms with Crippen molar-refractivity contribution in [2.45, 2.75) is 38.1 Å². The molecule has 1 aliphatic rings. The van der Waals surface area contributed by atoms with Crippen LogP contribution in [0.4, 0.5) is 0 Å². The number of nitrogens with one attached hydrogen (secondary N) is 2. The minimum Gasteiger partial charge on any atom is -0.379 e. The van der Waals surface area contributed by atoms with Gasteiger partial charge in [0.15, 0.2) is 0 Å². The molecule has 0 aromatic heterocycles. The van der Waals surface area contributed by atoms with Crippen molar-refractivity contribution in [2.75, 3.05) is 33.4 Å². The van der Waals surface area contributed by atoms with Crippen LogP contribution in [-0.4, -0.2) is 39.4 Å². The van der Waals surface area contributed by atoms with E-state index < -0.39 is 0 Å². The lowest BCUT2D eigenvalue weighted by Crippen LogP contribution is -2.41. The topological polar surface area (TPSA) is 33.3 Å². The molecule has 0 amide bonds. The normalized spacial score (nSPS) is 22.5. The van der Waals surface area contributed by atoms with Crippen molar-refractivity contribution in [3.05, 3.63) is 0 Å². The summed E-state index contributed by atoms with van der Waals surface area (Å²) in [6.07, 6.45) is 6.64. The lowest BCUT2D eigenvalue weighted by molar-refractivity contribution is 0.0733. The SMILES string of the molecule is CNCCCCCCC1COCCN1. The first kappa shape index (κ1) is 12.0. The van der Waals surface area contributed by atoms with E-state index in [1.165, 1.54) is 32.1 Å². The summed E-state index contributed by atoms with van der Waals surface area (Å²) in [5.41, 5.74) is 0. The number of rotatable bonds is 7. The molecular weight excluding hydrogens is 176 g/mol. The molecule has 2 N–H and O–H groups in total. The van der Waals surface area contributed by atoms with Crippen molar-refractivity contribution in [1.82, 2.24) is 10.6 Å². The van der Waals surface area contributed by atoms with E-state index in [-0.39, 0.29) is 0 Å². The lowest BCUT2D eigenvalue weighted by atomic mass is 10.1. The molecule has 84 valence electrons. The van der Waals surface area contributed by atoms with Crippen molar-refractivity contribution in [3.63, 3.8) is 0 Å². The molecule has 1 unspecified atom stereocenters. The van der Waals surface area contributed by atoms with Crippen molar-refractivity contribution >= 4 is 0 Å². The van der Waals surface area contributed by atoms with Gasteiger partial charge in [-0.3, -0.25) is 0 Å². The number of hydrogen-bond acceptors (Lipinski definition) is 3. The van der Waals surface area contributed by atoms with Crippen LogP contribution in [0, 0.1) is 0 Å². The molecular formula is C11H24N2O. The van der Waals surface area contributed by atoms with Crippen LogP contribution < -0.4 is 10.6 Å². The van der Waals surface area contributed by atoms with Gasteiger partial charge in [-0.25, -0.2) is 0 Å². The predicted octanol–water partition coefficient (Wildman–Crippen LogP) is 1.14. The molecule has 0 aromatic carbocycles. The van der Waals surface area contributed by atoms with Gasteiger partial charge in [0.2, 0.25) is 0 Å². The van der Waals surface area contributed by atoms with Gasteiger partial charge >= 0.3 is 0 Å². The Bertz CT molecular complexity index is 124. The second-order valence-corrected chi connectivity index (χ2v) is 4.03. The summed E-state index contributed by atoms with van der Waals surface area (Å²) in [4.78, 5) is 0. The maximum Gasteiger partial charge on any atom is 0.0620 e. The van der Waals surface area contributed by atoms with E-state index in [1.54, 1.807) is 0 Å². The first-order chi connectivity index (χ1) is 6.93. The summed E-state index contributed by atoms with van der Waals surface area (Å²) < 4.78 is 5.41. The van der Waals surface area contributed by atoms with E-state index >= 15 is 0 Å². The van der Waals surface area contributed by atoms with Gasteiger partial charge in [0.25, 0.3) is 0 Å². The second-order valence-electron chi connectivity index (χ2n) is 4.03. The van der Waals surface area contributed by atoms with E-state index in [9.17, 15) is 0 Å². The molecule has 1 aliphatic heterocycles. The highest BCUT2D eigenvalue weighted by Crippen LogP contribution is 2.07. The molecule has 0 aliphatic carbocycles. The van der Waals surface area contributed by atoms with E-state index in [2.05, 4.69) is 10.6 Å². The smallest absolute Gasteiger partial charge is 0.0620 e. The number of morpholine rings is 1. The van der Waals surface area contributed by atoms with E-state index in [0.29, 0.717) is 6.04 Å². The average molecular weight is 200 g/mol. The summed E-state index contributed by atoms with van der Waals surface area (Å²) in [6, 6.07) is 0.619. The maximum atomic E-state index is 5.41. The van der Waals surface area contributed by atoms with Gasteiger partial charge in [0.05, 0.1) is 13.2 Å². The maximum absolute atomic E-state index is 5.41. The summed E-state index contributed by atoms with van der Waals surface area (Å²) in [5.74, 6) is 0. The van der Waals surface area contributed by atoms with Gasteiger partial charge in [-0.2, -0.15) is 0 Å². The monoisotopic (exact) mass is 200 g/mol. The first-order valence-electron chi connectivity index (χ1n) is 5.89. The summed E-state index contributed by atoms with van der Waals surface area (Å²) in [7, 11) is 2.02. The summed E-state index contributed by atoms with van der Waals surface area (Å²) in [6.45, 7) is 3.99. The van der Waals surface area contributed by atoms with Gasteiger partial charge in [-0.05, 0) is 26.4 Å². The molecule has 3 heteroatoms. The van der Waals surface area contributed by atoms with Crippen LogP contribution >= 0.6 is 0 Å². The molecule has 0 bridgehead atoms. The van der Waals surface area contributed by atoms with Gasteiger partial charge in [-0.1, -0.05) is 19.3 Å². The molecule has 14 heavy (non-hydrogen) atoms. The highest BCUT2D eigenvalue weighted by atomic mass is 16.5. The number of hydrogen-bond donors (Lipinski definition) is 2. The molecule has 3 nitrogen and oxygen atoms in total. The zero-order valence-electron chi connectivity index (χ0n) is 9.35. The lowest BCUT2D eigenvalue weighted by Gasteiger charge is -2.23. The average Bonchev–Trinajstić information content (AvgIpc) is 2.25. The minimum atomic E-state index is 0.619. The quantitative estimate of drug-likeness (QED) is 0.605. The Morgan fingerprint density at radius 3 is 2.86 bits per heavy atom. The Balaban J connectivity index is 1.82. The minimum absolute atomic E-state index is 0.619. The molecule has 0 saturated carbocycles. The molecule has 1 atom stereocenters. The van der Waals surface area contributed by atoms with Gasteiger partial charge in [-0.15, -0.1) is 0 Å². The van der Waals surface area contributed by atoms with Crippen molar-refractivity contribution in [2.24, 2.45) is 0 Å². The highest BCUT2D eigenvalue weighted by Gasteiger charge is 2.11. The highest BCUT2D eigenvalue weighted by molar-refractivity contribution is 4.69. The number of ether oxygens (including phenoxy) is 1. The zero-order chi connectivity index (χ0) is 10.1. The van der Waals surface area contributed by atoms with Crippen LogP contribution in [0.5, 0.6) is 0 Å². The fourth-order valence-corrected chi connectivity index (χ4v) is 1.85. The third-order valence-corrected chi connectivity index (χ3v) is 2.73. The Labute approximate surface area is 87.6 Å². The van der Waals surface area contributed by atoms with E-state index in [0.717, 1.165) is 26.3 Å². The molecule has 0 aromatic rings. The van der Waals surface area contributed by atoms with Crippen molar-refractivity contribution in [3.8, 4) is 0 Å². The van der Waals surface area contributed by atoms with Crippen molar-refractivity contribution in [1.29, 1.82) is 0 Å². The first-order valence-corrected chi connectivity index (χ1v) is 5.89. The Hall–Kier alpha value is -0.120. The molecule has 1 saturated heterocycles. The van der Waals surface area contributed by atoms with E-state index in [1.807, 2.05) is 7.05 Å². The van der Waals surface area contributed by atoms with E-state index in [4.69, 9.17) is 4.74 Å². The Morgan fingerprint density at radius 1 is 1.29 bits per heavy atom. The molecule has 1 heterocycles. The third-order valence-electron chi connectivity index (χ3n) is 2.73. The van der Waals surface area contributed by atoms with Gasteiger partial charge in [0, 0.05) is 12.6 Å². The molecule has 1 rings (SSSR count). The van der Waals surface area contributed by atoms with Crippen LogP contribution in [0.2, 0.25) is 0 Å². The predicted molar refractivity (Wildman–Crippen MR) is 59.6 cm³/mol. The van der Waals surface area contributed by atoms with Gasteiger partial charge in [0.1, 0.15) is 0 Å². The van der Waals surface area contributed by atoms with Crippen molar-refractivity contribution < 1.29 is 4.74 Å². The van der Waals surface area contributed by atoms with Crippen LogP contribution in [0.15, 0.2) is 0 Å². The standard InChI is InChI=1S/C11H24N2O/c1-12-7-5-3-2-4-6-11-10-14-9-8-13-11/h11-13H,2-10H2,1H3. The summed E-state index contributed by atoms with van der Waals surface area (Å²) in [5, 5.41) is 6.66. The molecule has 0 spiro atoms. The van der Waals surface area contributed by atoms with Crippen LogP contribution in [0.3, 0.4) is 0 Å². The zero-order valence-corrected chi connectivity index (χ0v) is 9.35. The third kappa shape index (κ3) is 5.58. The Morgan fingerprint density at radius 2 is 2.14 bits per heavy atom. The van der Waals surface area contributed by atoms with Crippen LogP contribution in [0.1, 0.15) is 32.1 Å². The number of unbranched alkanes of at least 4 members (excludes halogenated alkanes) is 3. The fraction of sp³-hybridized carbons (Fsp3) is 1.00. The Kier molecular flexibility index (Phi) is 7.01. The van der Waals surface area contributed by atoms with Crippen LogP contribution in [0.25, 0.3) is 0 Å². The second kappa shape index (κ2) is 8.21. The molecule has 0 radical (unpaired) electrons. The van der Waals surface area contributed by atoms with Crippen LogP contribution in [-0.2, 0) is 4.74 Å². The largest absolute Gasteiger partial charge is 0.379 e.